The number of carbonyl (C=O) groups is 1. The predicted molar refractivity (Wildman–Crippen MR) is 74.7 cm³/mol. The zero-order valence-electron chi connectivity index (χ0n) is 8.96. The Morgan fingerprint density at radius 2 is 1.83 bits per heavy atom. The third kappa shape index (κ3) is 2.80. The molecule has 1 aromatic carbocycles. The molecule has 0 unspecified atom stereocenters. The lowest BCUT2D eigenvalue weighted by Crippen LogP contribution is -2.11. The molecule has 2 rings (SSSR count). The molecule has 0 aliphatic carbocycles. The van der Waals surface area contributed by atoms with Crippen molar-refractivity contribution in [2.75, 3.05) is 4.72 Å². The van der Waals surface area contributed by atoms with E-state index in [0.717, 1.165) is 11.3 Å². The number of carbonyl (C=O) groups excluding carboxylic acids is 1. The van der Waals surface area contributed by atoms with E-state index in [1.54, 1.807) is 35.7 Å². The first-order valence-electron chi connectivity index (χ1n) is 4.84. The van der Waals surface area contributed by atoms with Gasteiger partial charge in [-0.3, -0.25) is 9.52 Å². The van der Waals surface area contributed by atoms with E-state index in [1.807, 2.05) is 0 Å². The summed E-state index contributed by atoms with van der Waals surface area (Å²) in [7, 11) is -3.59. The molecule has 0 saturated carbocycles. The Morgan fingerprint density at radius 1 is 1.17 bits per heavy atom. The summed E-state index contributed by atoms with van der Waals surface area (Å²) in [5, 5.41) is 1.69. The highest BCUT2D eigenvalue weighted by Gasteiger charge is 2.19. The van der Waals surface area contributed by atoms with Crippen LogP contribution in [0.1, 0.15) is 10.4 Å². The van der Waals surface area contributed by atoms with Crippen molar-refractivity contribution in [1.29, 1.82) is 0 Å². The van der Waals surface area contributed by atoms with Crippen LogP contribution in [0.2, 0.25) is 0 Å². The molecule has 0 aliphatic heterocycles. The van der Waals surface area contributed by atoms with Gasteiger partial charge in [0.2, 0.25) is 0 Å². The number of hydrogen-bond donors (Lipinski definition) is 1. The summed E-state index contributed by atoms with van der Waals surface area (Å²) in [6.07, 6.45) is 0.703. The van der Waals surface area contributed by atoms with Crippen molar-refractivity contribution in [1.82, 2.24) is 0 Å². The van der Waals surface area contributed by atoms with Crippen LogP contribution in [0.15, 0.2) is 44.4 Å². The average Bonchev–Trinajstić information content (AvgIpc) is 2.77. The zero-order chi connectivity index (χ0) is 13.2. The smallest absolute Gasteiger partial charge is 0.272 e. The van der Waals surface area contributed by atoms with Gasteiger partial charge >= 0.3 is 0 Å². The number of benzene rings is 1. The van der Waals surface area contributed by atoms with Crippen LogP contribution in [-0.4, -0.2) is 14.7 Å². The number of aldehydes is 1. The highest BCUT2D eigenvalue weighted by Crippen LogP contribution is 2.29. The molecule has 0 aliphatic rings. The van der Waals surface area contributed by atoms with Crippen LogP contribution < -0.4 is 4.72 Å². The predicted octanol–water partition coefficient (Wildman–Crippen LogP) is 3.12. The molecule has 7 heteroatoms. The second kappa shape index (κ2) is 5.21. The van der Waals surface area contributed by atoms with Crippen LogP contribution in [0, 0.1) is 0 Å². The van der Waals surface area contributed by atoms with Gasteiger partial charge in [0.05, 0.1) is 0 Å². The van der Waals surface area contributed by atoms with Crippen molar-refractivity contribution < 1.29 is 13.2 Å². The average molecular weight is 346 g/mol. The molecule has 4 nitrogen and oxygen atoms in total. The Bertz CT molecular complexity index is 662. The van der Waals surface area contributed by atoms with Gasteiger partial charge < -0.3 is 0 Å². The van der Waals surface area contributed by atoms with E-state index < -0.39 is 10.0 Å². The highest BCUT2D eigenvalue weighted by molar-refractivity contribution is 9.10. The van der Waals surface area contributed by atoms with Gasteiger partial charge in [0, 0.05) is 15.7 Å². The third-order valence-corrected chi connectivity index (χ3v) is 6.18. The summed E-state index contributed by atoms with van der Waals surface area (Å²) in [5.41, 5.74) is 0.913. The van der Waals surface area contributed by atoms with Crippen molar-refractivity contribution in [3.63, 3.8) is 0 Å². The highest BCUT2D eigenvalue weighted by atomic mass is 79.9. The van der Waals surface area contributed by atoms with E-state index in [9.17, 15) is 13.2 Å². The summed E-state index contributed by atoms with van der Waals surface area (Å²) in [4.78, 5) is 10.5. The van der Waals surface area contributed by atoms with Crippen molar-refractivity contribution >= 4 is 49.3 Å². The lowest BCUT2D eigenvalue weighted by atomic mass is 10.2. The van der Waals surface area contributed by atoms with Gasteiger partial charge in [-0.1, -0.05) is 0 Å². The number of halogens is 1. The largest absolute Gasteiger partial charge is 0.298 e. The molecule has 94 valence electrons. The van der Waals surface area contributed by atoms with Gasteiger partial charge in [-0.2, -0.15) is 0 Å². The van der Waals surface area contributed by atoms with E-state index in [0.29, 0.717) is 22.0 Å². The number of rotatable bonds is 4. The second-order valence-corrected chi connectivity index (χ2v) is 7.05. The molecule has 0 amide bonds. The molecule has 0 bridgehead atoms. The SMILES string of the molecule is O=Cc1ccc(NS(=O)(=O)c2sccc2Br)cc1. The minimum absolute atomic E-state index is 0.224. The lowest BCUT2D eigenvalue weighted by Gasteiger charge is -2.06. The van der Waals surface area contributed by atoms with Crippen molar-refractivity contribution in [2.24, 2.45) is 0 Å². The van der Waals surface area contributed by atoms with E-state index in [-0.39, 0.29) is 4.21 Å². The first kappa shape index (κ1) is 13.3. The maximum absolute atomic E-state index is 12.0. The topological polar surface area (TPSA) is 63.2 Å². The minimum Gasteiger partial charge on any atom is -0.298 e. The molecule has 18 heavy (non-hydrogen) atoms. The molecule has 0 fully saturated rings. The summed E-state index contributed by atoms with van der Waals surface area (Å²) >= 11 is 4.31. The van der Waals surface area contributed by atoms with Gasteiger partial charge in [0.1, 0.15) is 6.29 Å². The summed E-state index contributed by atoms with van der Waals surface area (Å²) in [6.45, 7) is 0. The monoisotopic (exact) mass is 345 g/mol. The van der Waals surface area contributed by atoms with E-state index in [1.165, 1.54) is 0 Å². The number of nitrogens with one attached hydrogen (secondary N) is 1. The summed E-state index contributed by atoms with van der Waals surface area (Å²) in [6, 6.07) is 7.86. The van der Waals surface area contributed by atoms with E-state index >= 15 is 0 Å². The van der Waals surface area contributed by atoms with Gasteiger partial charge in [-0.15, -0.1) is 11.3 Å². The Morgan fingerprint density at radius 3 is 2.33 bits per heavy atom. The van der Waals surface area contributed by atoms with E-state index in [4.69, 9.17) is 0 Å². The summed E-state index contributed by atoms with van der Waals surface area (Å²) < 4.78 is 27.3. The number of sulfonamides is 1. The third-order valence-electron chi connectivity index (χ3n) is 2.13. The van der Waals surface area contributed by atoms with Crippen LogP contribution in [0.5, 0.6) is 0 Å². The molecule has 0 saturated heterocycles. The van der Waals surface area contributed by atoms with Crippen LogP contribution in [-0.2, 0) is 10.0 Å². The molecule has 1 heterocycles. The second-order valence-electron chi connectivity index (χ2n) is 3.40. The number of thiophene rings is 1. The maximum atomic E-state index is 12.0. The standard InChI is InChI=1S/C11H8BrNO3S2/c12-10-5-6-17-11(10)18(15,16)13-9-3-1-8(7-14)2-4-9/h1-7,13H. The lowest BCUT2D eigenvalue weighted by molar-refractivity contribution is 0.112. The Labute approximate surface area is 117 Å². The minimum atomic E-state index is -3.59. The van der Waals surface area contributed by atoms with Crippen LogP contribution >= 0.6 is 27.3 Å². The molecular weight excluding hydrogens is 338 g/mol. The molecule has 1 N–H and O–H groups in total. The fourth-order valence-corrected chi connectivity index (χ4v) is 4.70. The molecular formula is C11H8BrNO3S2. The van der Waals surface area contributed by atoms with Crippen molar-refractivity contribution in [3.05, 3.63) is 45.7 Å². The number of hydrogen-bond acceptors (Lipinski definition) is 4. The molecule has 0 atom stereocenters. The zero-order valence-corrected chi connectivity index (χ0v) is 12.2. The first-order chi connectivity index (χ1) is 8.53. The van der Waals surface area contributed by atoms with E-state index in [2.05, 4.69) is 20.7 Å². The van der Waals surface area contributed by atoms with Crippen LogP contribution in [0.4, 0.5) is 5.69 Å². The Kier molecular flexibility index (Phi) is 3.84. The van der Waals surface area contributed by atoms with Crippen molar-refractivity contribution in [2.45, 2.75) is 4.21 Å². The fraction of sp³-hybridized carbons (Fsp3) is 0. The Hall–Kier alpha value is -1.18. The normalized spacial score (nSPS) is 11.2. The molecule has 1 aromatic heterocycles. The van der Waals surface area contributed by atoms with Gasteiger partial charge in [0.15, 0.2) is 4.21 Å². The van der Waals surface area contributed by atoms with Gasteiger partial charge in [0.25, 0.3) is 10.0 Å². The van der Waals surface area contributed by atoms with Crippen molar-refractivity contribution in [3.8, 4) is 0 Å². The molecule has 2 aromatic rings. The number of anilines is 1. The summed E-state index contributed by atoms with van der Waals surface area (Å²) in [5.74, 6) is 0. The first-order valence-corrected chi connectivity index (χ1v) is 7.99. The van der Waals surface area contributed by atoms with Crippen LogP contribution in [0.25, 0.3) is 0 Å². The van der Waals surface area contributed by atoms with Gasteiger partial charge in [-0.25, -0.2) is 8.42 Å². The van der Waals surface area contributed by atoms with Gasteiger partial charge in [-0.05, 0) is 51.6 Å². The maximum Gasteiger partial charge on any atom is 0.272 e. The van der Waals surface area contributed by atoms with Crippen LogP contribution in [0.3, 0.4) is 0 Å². The molecule has 0 spiro atoms. The fourth-order valence-electron chi connectivity index (χ4n) is 1.30. The Balaban J connectivity index is 2.28. The molecule has 0 radical (unpaired) electrons. The quantitative estimate of drug-likeness (QED) is 0.865.